The number of anilines is 2. The molecule has 0 aliphatic carbocycles. The molecule has 1 aromatic carbocycles. The van der Waals surface area contributed by atoms with Crippen molar-refractivity contribution in [1.29, 1.82) is 0 Å². The molecule has 0 aliphatic rings. The minimum absolute atomic E-state index is 0.379. The van der Waals surface area contributed by atoms with Gasteiger partial charge in [-0.25, -0.2) is 14.5 Å². The van der Waals surface area contributed by atoms with Crippen molar-refractivity contribution in [3.8, 4) is 0 Å². The number of carbonyl (C=O) groups excluding carboxylic acids is 1. The van der Waals surface area contributed by atoms with E-state index in [0.717, 1.165) is 16.6 Å². The molecule has 0 fully saturated rings. The lowest BCUT2D eigenvalue weighted by atomic mass is 10.1. The lowest BCUT2D eigenvalue weighted by molar-refractivity contribution is 0.0599. The van der Waals surface area contributed by atoms with Crippen molar-refractivity contribution in [1.82, 2.24) is 29.5 Å². The first-order chi connectivity index (χ1) is 13.1. The van der Waals surface area contributed by atoms with Crippen LogP contribution in [0.3, 0.4) is 0 Å². The number of fused-ring (bicyclic) bond motifs is 1. The van der Waals surface area contributed by atoms with Crippen LogP contribution in [0.1, 0.15) is 15.9 Å². The highest BCUT2D eigenvalue weighted by molar-refractivity contribution is 5.91. The van der Waals surface area contributed by atoms with Crippen LogP contribution in [-0.4, -0.2) is 42.6 Å². The minimum Gasteiger partial charge on any atom is -0.465 e. The number of ether oxygens (including phenoxy) is 1. The van der Waals surface area contributed by atoms with Gasteiger partial charge in [0.15, 0.2) is 5.65 Å². The Morgan fingerprint density at radius 2 is 2.04 bits per heavy atom. The summed E-state index contributed by atoms with van der Waals surface area (Å²) in [6, 6.07) is 7.28. The molecular formula is C18H17N7O2. The Bertz CT molecular complexity index is 1120. The Balaban J connectivity index is 1.67. The highest BCUT2D eigenvalue weighted by Gasteiger charge is 2.14. The molecule has 0 bridgehead atoms. The predicted molar refractivity (Wildman–Crippen MR) is 98.7 cm³/mol. The van der Waals surface area contributed by atoms with Gasteiger partial charge in [0, 0.05) is 19.4 Å². The maximum absolute atomic E-state index is 12.0. The van der Waals surface area contributed by atoms with Gasteiger partial charge in [0.05, 0.1) is 42.7 Å². The number of hydrogen-bond donors (Lipinski definition) is 1. The van der Waals surface area contributed by atoms with Crippen LogP contribution in [0.15, 0.2) is 49.1 Å². The van der Waals surface area contributed by atoms with Crippen LogP contribution < -0.4 is 5.32 Å². The maximum atomic E-state index is 12.0. The molecule has 27 heavy (non-hydrogen) atoms. The molecule has 0 aliphatic heterocycles. The zero-order valence-corrected chi connectivity index (χ0v) is 14.8. The van der Waals surface area contributed by atoms with Crippen molar-refractivity contribution in [2.75, 3.05) is 12.4 Å². The van der Waals surface area contributed by atoms with Gasteiger partial charge in [-0.3, -0.25) is 4.68 Å². The quantitative estimate of drug-likeness (QED) is 0.542. The Morgan fingerprint density at radius 1 is 1.19 bits per heavy atom. The first-order valence-electron chi connectivity index (χ1n) is 8.24. The fraction of sp³-hybridized carbons (Fsp3) is 0.167. The molecule has 3 aromatic heterocycles. The first-order valence-corrected chi connectivity index (χ1v) is 8.24. The largest absolute Gasteiger partial charge is 0.465 e. The van der Waals surface area contributed by atoms with Crippen LogP contribution in [0.2, 0.25) is 0 Å². The van der Waals surface area contributed by atoms with E-state index in [2.05, 4.69) is 25.5 Å². The van der Waals surface area contributed by atoms with Crippen LogP contribution in [-0.2, 0) is 18.3 Å². The molecule has 0 atom stereocenters. The Hall–Kier alpha value is -3.75. The molecular weight excluding hydrogens is 346 g/mol. The number of hydrogen-bond acceptors (Lipinski definition) is 7. The monoisotopic (exact) mass is 363 g/mol. The van der Waals surface area contributed by atoms with Crippen molar-refractivity contribution in [2.45, 2.75) is 6.54 Å². The number of aryl methyl sites for hydroxylation is 1. The number of benzene rings is 1. The van der Waals surface area contributed by atoms with E-state index in [9.17, 15) is 4.79 Å². The van der Waals surface area contributed by atoms with Gasteiger partial charge in [0.2, 0.25) is 5.95 Å². The lowest BCUT2D eigenvalue weighted by Gasteiger charge is -2.09. The van der Waals surface area contributed by atoms with Crippen molar-refractivity contribution < 1.29 is 9.53 Å². The van der Waals surface area contributed by atoms with Crippen LogP contribution in [0.5, 0.6) is 0 Å². The fourth-order valence-corrected chi connectivity index (χ4v) is 2.79. The Morgan fingerprint density at radius 3 is 2.81 bits per heavy atom. The number of rotatable bonds is 5. The summed E-state index contributed by atoms with van der Waals surface area (Å²) < 4.78 is 8.28. The molecule has 0 radical (unpaired) electrons. The minimum atomic E-state index is -0.379. The summed E-state index contributed by atoms with van der Waals surface area (Å²) in [4.78, 5) is 20.8. The van der Waals surface area contributed by atoms with Crippen LogP contribution in [0.4, 0.5) is 11.6 Å². The molecule has 3 heterocycles. The zero-order valence-electron chi connectivity index (χ0n) is 14.8. The predicted octanol–water partition coefficient (Wildman–Crippen LogP) is 2.14. The molecule has 9 nitrogen and oxygen atoms in total. The second-order valence-corrected chi connectivity index (χ2v) is 5.95. The number of nitrogens with one attached hydrogen (secondary N) is 1. The van der Waals surface area contributed by atoms with E-state index in [1.54, 1.807) is 40.1 Å². The second kappa shape index (κ2) is 6.87. The third-order valence-corrected chi connectivity index (χ3v) is 4.08. The molecule has 1 N–H and O–H groups in total. The molecule has 136 valence electrons. The number of methoxy groups -OCH3 is 1. The van der Waals surface area contributed by atoms with Gasteiger partial charge in [0.1, 0.15) is 0 Å². The van der Waals surface area contributed by atoms with Crippen LogP contribution in [0.25, 0.3) is 11.0 Å². The smallest absolute Gasteiger partial charge is 0.338 e. The average molecular weight is 363 g/mol. The summed E-state index contributed by atoms with van der Waals surface area (Å²) in [7, 11) is 3.20. The van der Waals surface area contributed by atoms with E-state index in [-0.39, 0.29) is 5.97 Å². The summed E-state index contributed by atoms with van der Waals surface area (Å²) >= 11 is 0. The standard InChI is InChI=1S/C18H17N7O2/c1-24-11-14(9-20-24)22-18-19-7-13-8-21-25(16(13)23-18)10-12-5-3-4-6-15(12)17(26)27-2/h3-9,11H,10H2,1-2H3,(H,19,22,23). The van der Waals surface area contributed by atoms with Gasteiger partial charge in [-0.15, -0.1) is 0 Å². The third-order valence-electron chi connectivity index (χ3n) is 4.08. The van der Waals surface area contributed by atoms with E-state index in [1.807, 2.05) is 25.4 Å². The van der Waals surface area contributed by atoms with Gasteiger partial charge in [-0.1, -0.05) is 18.2 Å². The summed E-state index contributed by atoms with van der Waals surface area (Å²) in [5.41, 5.74) is 2.76. The molecule has 0 amide bonds. The topological polar surface area (TPSA) is 99.8 Å². The van der Waals surface area contributed by atoms with E-state index in [1.165, 1.54) is 7.11 Å². The molecule has 0 saturated heterocycles. The molecule has 4 aromatic rings. The van der Waals surface area contributed by atoms with E-state index in [4.69, 9.17) is 4.74 Å². The first kappa shape index (κ1) is 16.7. The molecule has 0 saturated carbocycles. The summed E-state index contributed by atoms with van der Waals surface area (Å²) in [6.07, 6.45) is 6.93. The highest BCUT2D eigenvalue weighted by atomic mass is 16.5. The van der Waals surface area contributed by atoms with E-state index >= 15 is 0 Å². The average Bonchev–Trinajstić information content (AvgIpc) is 3.27. The van der Waals surface area contributed by atoms with E-state index in [0.29, 0.717) is 23.7 Å². The summed E-state index contributed by atoms with van der Waals surface area (Å²) in [5.74, 6) is 0.0640. The summed E-state index contributed by atoms with van der Waals surface area (Å²) in [6.45, 7) is 0.387. The van der Waals surface area contributed by atoms with Gasteiger partial charge in [-0.2, -0.15) is 15.2 Å². The SMILES string of the molecule is COC(=O)c1ccccc1Cn1ncc2cnc(Nc3cnn(C)c3)nc21. The second-order valence-electron chi connectivity index (χ2n) is 5.95. The summed E-state index contributed by atoms with van der Waals surface area (Å²) in [5, 5.41) is 12.4. The van der Waals surface area contributed by atoms with E-state index < -0.39 is 0 Å². The van der Waals surface area contributed by atoms with Crippen LogP contribution >= 0.6 is 0 Å². The number of aromatic nitrogens is 6. The van der Waals surface area contributed by atoms with Crippen molar-refractivity contribution in [2.24, 2.45) is 7.05 Å². The van der Waals surface area contributed by atoms with Crippen molar-refractivity contribution >= 4 is 28.6 Å². The zero-order chi connectivity index (χ0) is 18.8. The lowest BCUT2D eigenvalue weighted by Crippen LogP contribution is -2.10. The third kappa shape index (κ3) is 3.34. The molecule has 4 rings (SSSR count). The molecule has 9 heteroatoms. The number of nitrogens with zero attached hydrogens (tertiary/aromatic N) is 6. The van der Waals surface area contributed by atoms with Gasteiger partial charge in [-0.05, 0) is 11.6 Å². The molecule has 0 unspecified atom stereocenters. The normalized spacial score (nSPS) is 10.9. The maximum Gasteiger partial charge on any atom is 0.338 e. The van der Waals surface area contributed by atoms with Crippen molar-refractivity contribution in [3.05, 3.63) is 60.2 Å². The Kier molecular flexibility index (Phi) is 4.25. The molecule has 0 spiro atoms. The van der Waals surface area contributed by atoms with Crippen LogP contribution in [0, 0.1) is 0 Å². The number of carbonyl (C=O) groups is 1. The number of esters is 1. The van der Waals surface area contributed by atoms with Gasteiger partial charge in [0.25, 0.3) is 0 Å². The fourth-order valence-electron chi connectivity index (χ4n) is 2.79. The van der Waals surface area contributed by atoms with Crippen molar-refractivity contribution in [3.63, 3.8) is 0 Å². The Labute approximate surface area is 154 Å². The van der Waals surface area contributed by atoms with Gasteiger partial charge < -0.3 is 10.1 Å². The van der Waals surface area contributed by atoms with Gasteiger partial charge >= 0.3 is 5.97 Å². The highest BCUT2D eigenvalue weighted by Crippen LogP contribution is 2.18.